The van der Waals surface area contributed by atoms with E-state index in [4.69, 9.17) is 11.6 Å². The summed E-state index contributed by atoms with van der Waals surface area (Å²) in [5, 5.41) is 13.5. The lowest BCUT2D eigenvalue weighted by Crippen LogP contribution is -2.49. The first-order valence-corrected chi connectivity index (χ1v) is 7.34. The van der Waals surface area contributed by atoms with Crippen molar-refractivity contribution in [3.05, 3.63) is 34.6 Å². The Morgan fingerprint density at radius 2 is 2.05 bits per heavy atom. The number of rotatable bonds is 4. The molecule has 1 aliphatic heterocycles. The molecule has 0 amide bonds. The topological polar surface area (TPSA) is 35.5 Å². The molecule has 0 aromatic heterocycles. The fourth-order valence-corrected chi connectivity index (χ4v) is 3.04. The lowest BCUT2D eigenvalue weighted by molar-refractivity contribution is 0.0286. The van der Waals surface area contributed by atoms with Gasteiger partial charge in [-0.25, -0.2) is 4.39 Å². The third-order valence-electron chi connectivity index (χ3n) is 3.92. The van der Waals surface area contributed by atoms with Crippen LogP contribution in [0.25, 0.3) is 0 Å². The highest BCUT2D eigenvalue weighted by Gasteiger charge is 2.37. The maximum Gasteiger partial charge on any atom is 0.128 e. The quantitative estimate of drug-likeness (QED) is 0.896. The van der Waals surface area contributed by atoms with Gasteiger partial charge in [0.2, 0.25) is 0 Å². The summed E-state index contributed by atoms with van der Waals surface area (Å²) in [6.45, 7) is 7.33. The van der Waals surface area contributed by atoms with Crippen molar-refractivity contribution in [3.8, 4) is 0 Å². The van der Waals surface area contributed by atoms with Crippen LogP contribution in [0, 0.1) is 11.2 Å². The number of aliphatic hydroxyl groups excluding tert-OH is 1. The molecule has 1 aromatic carbocycles. The van der Waals surface area contributed by atoms with Gasteiger partial charge in [-0.1, -0.05) is 25.4 Å². The molecule has 1 aromatic rings. The minimum absolute atomic E-state index is 0.00640. The zero-order valence-corrected chi connectivity index (χ0v) is 12.8. The van der Waals surface area contributed by atoms with Crippen molar-refractivity contribution in [2.24, 2.45) is 5.41 Å². The number of piperazine rings is 1. The van der Waals surface area contributed by atoms with Crippen LogP contribution in [0.4, 0.5) is 4.39 Å². The van der Waals surface area contributed by atoms with Gasteiger partial charge in [0.1, 0.15) is 5.82 Å². The van der Waals surface area contributed by atoms with Crippen LogP contribution in [0.1, 0.15) is 25.5 Å². The third kappa shape index (κ3) is 3.31. The molecule has 20 heavy (non-hydrogen) atoms. The van der Waals surface area contributed by atoms with E-state index in [0.717, 1.165) is 26.2 Å². The molecule has 1 heterocycles. The predicted molar refractivity (Wildman–Crippen MR) is 79.5 cm³/mol. The van der Waals surface area contributed by atoms with Gasteiger partial charge in [0.05, 0.1) is 0 Å². The second-order valence-corrected chi connectivity index (χ2v) is 6.44. The molecule has 0 saturated carbocycles. The van der Waals surface area contributed by atoms with E-state index in [-0.39, 0.29) is 18.5 Å². The molecule has 3 nitrogen and oxygen atoms in total. The number of halogens is 2. The van der Waals surface area contributed by atoms with Crippen LogP contribution in [-0.4, -0.2) is 42.8 Å². The first-order chi connectivity index (χ1) is 9.45. The van der Waals surface area contributed by atoms with Gasteiger partial charge in [-0.2, -0.15) is 0 Å². The molecule has 5 heteroatoms. The SMILES string of the molecule is CC(C)(CO)[C@@H](c1cc(Cl)ccc1F)N1CCNCC1. The van der Waals surface area contributed by atoms with Crippen molar-refractivity contribution in [1.82, 2.24) is 10.2 Å². The summed E-state index contributed by atoms with van der Waals surface area (Å²) in [5.74, 6) is -0.264. The van der Waals surface area contributed by atoms with E-state index in [1.165, 1.54) is 6.07 Å². The minimum atomic E-state index is -0.442. The van der Waals surface area contributed by atoms with Gasteiger partial charge in [-0.05, 0) is 18.2 Å². The zero-order chi connectivity index (χ0) is 14.8. The van der Waals surface area contributed by atoms with Gasteiger partial charge >= 0.3 is 0 Å². The van der Waals surface area contributed by atoms with E-state index >= 15 is 0 Å². The zero-order valence-electron chi connectivity index (χ0n) is 12.0. The van der Waals surface area contributed by atoms with E-state index in [1.54, 1.807) is 12.1 Å². The number of aliphatic hydroxyl groups is 1. The molecule has 0 bridgehead atoms. The lowest BCUT2D eigenvalue weighted by Gasteiger charge is -2.43. The van der Waals surface area contributed by atoms with Crippen LogP contribution in [0.3, 0.4) is 0 Å². The van der Waals surface area contributed by atoms with Crippen molar-refractivity contribution in [2.75, 3.05) is 32.8 Å². The first kappa shape index (κ1) is 15.7. The second-order valence-electron chi connectivity index (χ2n) is 6.00. The molecule has 1 saturated heterocycles. The van der Waals surface area contributed by atoms with E-state index in [0.29, 0.717) is 10.6 Å². The summed E-state index contributed by atoms with van der Waals surface area (Å²) in [5.41, 5.74) is 0.126. The van der Waals surface area contributed by atoms with E-state index in [1.807, 2.05) is 13.8 Å². The maximum absolute atomic E-state index is 14.3. The number of nitrogens with one attached hydrogen (secondary N) is 1. The van der Waals surface area contributed by atoms with Crippen molar-refractivity contribution < 1.29 is 9.50 Å². The molecule has 1 aliphatic rings. The number of nitrogens with zero attached hydrogens (tertiary/aromatic N) is 1. The van der Waals surface area contributed by atoms with Crippen LogP contribution in [0.15, 0.2) is 18.2 Å². The average molecular weight is 301 g/mol. The molecule has 2 rings (SSSR count). The fraction of sp³-hybridized carbons (Fsp3) is 0.600. The Hall–Kier alpha value is -0.680. The third-order valence-corrected chi connectivity index (χ3v) is 4.15. The Morgan fingerprint density at radius 1 is 1.40 bits per heavy atom. The maximum atomic E-state index is 14.3. The van der Waals surface area contributed by atoms with E-state index in [9.17, 15) is 9.50 Å². The highest BCUT2D eigenvalue weighted by atomic mass is 35.5. The average Bonchev–Trinajstić information content (AvgIpc) is 2.44. The molecular formula is C15H22ClFN2O. The number of benzene rings is 1. The first-order valence-electron chi connectivity index (χ1n) is 6.96. The van der Waals surface area contributed by atoms with Crippen molar-refractivity contribution >= 4 is 11.6 Å². The highest BCUT2D eigenvalue weighted by Crippen LogP contribution is 2.40. The largest absolute Gasteiger partial charge is 0.396 e. The molecule has 0 radical (unpaired) electrons. The molecule has 0 spiro atoms. The van der Waals surface area contributed by atoms with Crippen LogP contribution in [0.5, 0.6) is 0 Å². The summed E-state index contributed by atoms with van der Waals surface area (Å²) in [4.78, 5) is 2.22. The Balaban J connectivity index is 2.42. The Morgan fingerprint density at radius 3 is 2.65 bits per heavy atom. The smallest absolute Gasteiger partial charge is 0.128 e. The second kappa shape index (κ2) is 6.39. The molecule has 0 unspecified atom stereocenters. The summed E-state index contributed by atoms with van der Waals surface area (Å²) in [6.07, 6.45) is 0. The Labute approximate surface area is 124 Å². The predicted octanol–water partition coefficient (Wildman–Crippen LogP) is 2.44. The van der Waals surface area contributed by atoms with Gasteiger partial charge in [-0.15, -0.1) is 0 Å². The number of hydrogen-bond donors (Lipinski definition) is 2. The van der Waals surface area contributed by atoms with Crippen molar-refractivity contribution in [1.29, 1.82) is 0 Å². The summed E-state index contributed by atoms with van der Waals surface area (Å²) >= 11 is 6.03. The van der Waals surface area contributed by atoms with Crippen LogP contribution in [-0.2, 0) is 0 Å². The standard InChI is InChI=1S/C15H22ClFN2O/c1-15(2,10-20)14(19-7-5-18-6-8-19)12-9-11(16)3-4-13(12)17/h3-4,9,14,18,20H,5-8,10H2,1-2H3/t14-/m1/s1. The normalized spacial score (nSPS) is 19.1. The van der Waals surface area contributed by atoms with Gasteiger partial charge in [0.15, 0.2) is 0 Å². The van der Waals surface area contributed by atoms with Gasteiger partial charge in [-0.3, -0.25) is 4.90 Å². The molecule has 0 aliphatic carbocycles. The van der Waals surface area contributed by atoms with E-state index < -0.39 is 5.41 Å². The summed E-state index contributed by atoms with van der Waals surface area (Å²) < 4.78 is 14.3. The Kier molecular flexibility index (Phi) is 5.02. The highest BCUT2D eigenvalue weighted by molar-refractivity contribution is 6.30. The Bertz CT molecular complexity index is 461. The van der Waals surface area contributed by atoms with Gasteiger partial charge in [0, 0.05) is 54.8 Å². The monoisotopic (exact) mass is 300 g/mol. The molecule has 1 atom stereocenters. The van der Waals surface area contributed by atoms with E-state index in [2.05, 4.69) is 10.2 Å². The van der Waals surface area contributed by atoms with Gasteiger partial charge < -0.3 is 10.4 Å². The van der Waals surface area contributed by atoms with Crippen molar-refractivity contribution in [2.45, 2.75) is 19.9 Å². The van der Waals surface area contributed by atoms with Crippen LogP contribution < -0.4 is 5.32 Å². The summed E-state index contributed by atoms with van der Waals surface area (Å²) in [6, 6.07) is 4.45. The molecule has 112 valence electrons. The van der Waals surface area contributed by atoms with Crippen LogP contribution >= 0.6 is 11.6 Å². The van der Waals surface area contributed by atoms with Gasteiger partial charge in [0.25, 0.3) is 0 Å². The molecule has 2 N–H and O–H groups in total. The number of hydrogen-bond acceptors (Lipinski definition) is 3. The van der Waals surface area contributed by atoms with Crippen molar-refractivity contribution in [3.63, 3.8) is 0 Å². The summed E-state index contributed by atoms with van der Waals surface area (Å²) in [7, 11) is 0. The fourth-order valence-electron chi connectivity index (χ4n) is 2.86. The van der Waals surface area contributed by atoms with Crippen LogP contribution in [0.2, 0.25) is 5.02 Å². The minimum Gasteiger partial charge on any atom is -0.396 e. The molecular weight excluding hydrogens is 279 g/mol. The molecule has 1 fully saturated rings. The lowest BCUT2D eigenvalue weighted by atomic mass is 9.79.